The molecule has 3 aromatic rings. The van der Waals surface area contributed by atoms with Crippen LogP contribution in [0.15, 0.2) is 46.1 Å². The van der Waals surface area contributed by atoms with Crippen molar-refractivity contribution < 1.29 is 19.0 Å². The summed E-state index contributed by atoms with van der Waals surface area (Å²) in [7, 11) is 1.55. The lowest BCUT2D eigenvalue weighted by Gasteiger charge is -2.39. The van der Waals surface area contributed by atoms with Crippen LogP contribution in [-0.4, -0.2) is 53.5 Å². The Bertz CT molecular complexity index is 1140. The van der Waals surface area contributed by atoms with Gasteiger partial charge in [-0.1, -0.05) is 11.6 Å². The number of aliphatic carboxylic acids is 1. The van der Waals surface area contributed by atoms with Crippen LogP contribution in [0.25, 0.3) is 10.9 Å². The second-order valence-corrected chi connectivity index (χ2v) is 11.4. The predicted molar refractivity (Wildman–Crippen MR) is 142 cm³/mol. The third kappa shape index (κ3) is 6.28. The van der Waals surface area contributed by atoms with Crippen molar-refractivity contribution in [3.63, 3.8) is 0 Å². The van der Waals surface area contributed by atoms with Crippen molar-refractivity contribution in [3.05, 3.63) is 51.8 Å². The maximum Gasteiger partial charge on any atom is 0.309 e. The smallest absolute Gasteiger partial charge is 0.309 e. The summed E-state index contributed by atoms with van der Waals surface area (Å²) in [6.07, 6.45) is 2.57. The molecule has 1 saturated heterocycles. The number of rotatable bonds is 11. The summed E-state index contributed by atoms with van der Waals surface area (Å²) in [5.41, 5.74) is 0.0853. The first kappa shape index (κ1) is 26.2. The molecule has 1 aromatic carbocycles. The van der Waals surface area contributed by atoms with E-state index in [1.165, 1.54) is 11.1 Å². The van der Waals surface area contributed by atoms with Crippen molar-refractivity contribution in [1.29, 1.82) is 0 Å². The number of hydrogen-bond acceptors (Lipinski definition) is 6. The Morgan fingerprint density at radius 2 is 2.17 bits per heavy atom. The summed E-state index contributed by atoms with van der Waals surface area (Å²) >= 11 is 9.92. The fourth-order valence-corrected chi connectivity index (χ4v) is 6.73. The van der Waals surface area contributed by atoms with Gasteiger partial charge >= 0.3 is 5.97 Å². The van der Waals surface area contributed by atoms with Crippen LogP contribution >= 0.6 is 34.7 Å². The van der Waals surface area contributed by atoms with Gasteiger partial charge in [0.05, 0.1) is 23.1 Å². The number of piperidine rings is 1. The van der Waals surface area contributed by atoms with Gasteiger partial charge in [0, 0.05) is 27.4 Å². The number of nitrogens with zero attached hydrogens (tertiary/aromatic N) is 2. The van der Waals surface area contributed by atoms with Crippen LogP contribution < -0.4 is 4.74 Å². The highest BCUT2D eigenvalue weighted by atomic mass is 35.5. The normalized spacial score (nSPS) is 16.9. The number of halogens is 2. The van der Waals surface area contributed by atoms with Crippen molar-refractivity contribution in [2.45, 2.75) is 43.2 Å². The second kappa shape index (κ2) is 11.9. The first-order chi connectivity index (χ1) is 16.9. The van der Waals surface area contributed by atoms with E-state index in [0.717, 1.165) is 31.8 Å². The highest BCUT2D eigenvalue weighted by Gasteiger charge is 2.41. The van der Waals surface area contributed by atoms with Crippen molar-refractivity contribution in [2.75, 3.05) is 32.5 Å². The number of carbonyl (C=O) groups is 1. The second-order valence-electron chi connectivity index (χ2n) is 9.00. The average molecular weight is 537 g/mol. The molecule has 1 aliphatic rings. The molecule has 0 aliphatic carbocycles. The Morgan fingerprint density at radius 1 is 1.37 bits per heavy atom. The molecular weight excluding hydrogens is 507 g/mol. The molecule has 2 aromatic heterocycles. The maximum absolute atomic E-state index is 15.6. The summed E-state index contributed by atoms with van der Waals surface area (Å²) in [6, 6.07) is 7.41. The van der Waals surface area contributed by atoms with E-state index >= 15 is 4.39 Å². The van der Waals surface area contributed by atoms with Crippen LogP contribution in [0.4, 0.5) is 4.39 Å². The van der Waals surface area contributed by atoms with E-state index in [-0.39, 0.29) is 17.9 Å². The Balaban J connectivity index is 1.35. The molecule has 1 atom stereocenters. The van der Waals surface area contributed by atoms with Gasteiger partial charge in [-0.25, -0.2) is 4.39 Å². The van der Waals surface area contributed by atoms with Gasteiger partial charge in [-0.2, -0.15) is 11.3 Å². The van der Waals surface area contributed by atoms with Crippen LogP contribution in [-0.2, 0) is 4.79 Å². The third-order valence-electron chi connectivity index (χ3n) is 6.91. The summed E-state index contributed by atoms with van der Waals surface area (Å²) < 4.78 is 20.9. The number of benzene rings is 1. The monoisotopic (exact) mass is 536 g/mol. The van der Waals surface area contributed by atoms with Crippen molar-refractivity contribution in [3.8, 4) is 5.75 Å². The lowest BCUT2D eigenvalue weighted by Crippen LogP contribution is -2.44. The number of pyridine rings is 1. The minimum atomic E-state index is -1.39. The Hall–Kier alpha value is -1.87. The Kier molecular flexibility index (Phi) is 8.92. The molecule has 0 radical (unpaired) electrons. The Morgan fingerprint density at radius 3 is 2.86 bits per heavy atom. The van der Waals surface area contributed by atoms with E-state index in [9.17, 15) is 9.90 Å². The first-order valence-electron chi connectivity index (χ1n) is 11.8. The summed E-state index contributed by atoms with van der Waals surface area (Å²) in [6.45, 7) is 2.41. The number of carboxylic acid groups (broad SMARTS) is 1. The lowest BCUT2D eigenvalue weighted by atomic mass is 9.74. The summed E-state index contributed by atoms with van der Waals surface area (Å²) in [4.78, 5) is 20.2. The fraction of sp³-hybridized carbons (Fsp3) is 0.462. The lowest BCUT2D eigenvalue weighted by molar-refractivity contribution is -0.153. The van der Waals surface area contributed by atoms with E-state index in [0.29, 0.717) is 35.1 Å². The van der Waals surface area contributed by atoms with Crippen molar-refractivity contribution >= 4 is 51.6 Å². The number of thiophene rings is 1. The number of likely N-dealkylation sites (tertiary alicyclic amines) is 1. The van der Waals surface area contributed by atoms with E-state index in [2.05, 4.69) is 26.7 Å². The molecule has 3 heterocycles. The zero-order valence-corrected chi connectivity index (χ0v) is 22.1. The SMILES string of the molecule is COc1ccc2ncc(Cl)c([C@H](F)CCC3(C(=O)O)CCN(CCCSc4ccsc4)CC3)c2c1. The van der Waals surface area contributed by atoms with Crippen LogP contribution in [0.5, 0.6) is 5.75 Å². The zero-order chi connectivity index (χ0) is 24.8. The standard InChI is InChI=1S/C26H30ClFN2O3S2/c1-33-18-3-4-23-20(15-18)24(21(27)16-29-23)22(28)5-7-26(25(31)32)8-11-30(12-9-26)10-2-13-35-19-6-14-34-17-19/h3-4,6,14-17,22H,2,5,7-13H2,1H3,(H,31,32)/t22-/m1/s1. The number of carboxylic acids is 1. The minimum Gasteiger partial charge on any atom is -0.497 e. The number of ether oxygens (including phenoxy) is 1. The molecule has 0 saturated carbocycles. The third-order valence-corrected chi connectivity index (χ3v) is 9.12. The van der Waals surface area contributed by atoms with Crippen LogP contribution in [0.3, 0.4) is 0 Å². The van der Waals surface area contributed by atoms with E-state index in [1.54, 1.807) is 36.6 Å². The highest BCUT2D eigenvalue weighted by molar-refractivity contribution is 7.99. The summed E-state index contributed by atoms with van der Waals surface area (Å²) in [5, 5.41) is 15.2. The van der Waals surface area contributed by atoms with Crippen LogP contribution in [0.2, 0.25) is 5.02 Å². The molecule has 188 valence electrons. The maximum atomic E-state index is 15.6. The predicted octanol–water partition coefficient (Wildman–Crippen LogP) is 7.10. The fourth-order valence-electron chi connectivity index (χ4n) is 4.75. The van der Waals surface area contributed by atoms with Gasteiger partial charge in [-0.05, 0) is 87.1 Å². The summed E-state index contributed by atoms with van der Waals surface area (Å²) in [5.74, 6) is 0.814. The zero-order valence-electron chi connectivity index (χ0n) is 19.7. The van der Waals surface area contributed by atoms with Gasteiger partial charge in [0.15, 0.2) is 0 Å². The number of fused-ring (bicyclic) bond motifs is 1. The van der Waals surface area contributed by atoms with E-state index in [1.807, 2.05) is 11.8 Å². The molecule has 1 N–H and O–H groups in total. The van der Waals surface area contributed by atoms with Gasteiger partial charge in [-0.3, -0.25) is 9.78 Å². The number of thioether (sulfide) groups is 1. The van der Waals surface area contributed by atoms with E-state index < -0.39 is 17.6 Å². The topological polar surface area (TPSA) is 62.7 Å². The molecular formula is C26H30ClFN2O3S2. The number of methoxy groups -OCH3 is 1. The quantitative estimate of drug-likeness (QED) is 0.208. The minimum absolute atomic E-state index is 0.0968. The van der Waals surface area contributed by atoms with Gasteiger partial charge in [0.25, 0.3) is 0 Å². The van der Waals surface area contributed by atoms with Crippen LogP contribution in [0, 0.1) is 5.41 Å². The van der Waals surface area contributed by atoms with Gasteiger partial charge < -0.3 is 14.7 Å². The molecule has 0 bridgehead atoms. The largest absolute Gasteiger partial charge is 0.497 e. The number of aromatic nitrogens is 1. The molecule has 0 spiro atoms. The highest BCUT2D eigenvalue weighted by Crippen LogP contribution is 2.42. The molecule has 0 amide bonds. The van der Waals surface area contributed by atoms with Crippen LogP contribution in [0.1, 0.15) is 43.8 Å². The molecule has 35 heavy (non-hydrogen) atoms. The van der Waals surface area contributed by atoms with E-state index in [4.69, 9.17) is 16.3 Å². The average Bonchev–Trinajstić information content (AvgIpc) is 3.39. The number of alkyl halides is 1. The molecule has 1 fully saturated rings. The number of hydrogen-bond donors (Lipinski definition) is 1. The van der Waals surface area contributed by atoms with Crippen molar-refractivity contribution in [2.24, 2.45) is 5.41 Å². The molecule has 0 unspecified atom stereocenters. The first-order valence-corrected chi connectivity index (χ1v) is 14.1. The molecule has 5 nitrogen and oxygen atoms in total. The van der Waals surface area contributed by atoms with Gasteiger partial charge in [0.2, 0.25) is 0 Å². The molecule has 9 heteroatoms. The molecule has 4 rings (SSSR count). The Labute approximate surface area is 218 Å². The van der Waals surface area contributed by atoms with Crippen molar-refractivity contribution in [1.82, 2.24) is 9.88 Å². The van der Waals surface area contributed by atoms with Gasteiger partial charge in [0.1, 0.15) is 11.9 Å². The molecule has 1 aliphatic heterocycles. The van der Waals surface area contributed by atoms with Gasteiger partial charge in [-0.15, -0.1) is 11.8 Å².